The Hall–Kier alpha value is -3.39. The zero-order valence-electron chi connectivity index (χ0n) is 20.8. The number of carbonyl (C=O) groups is 1. The molecule has 0 radical (unpaired) electrons. The van der Waals surface area contributed by atoms with Crippen LogP contribution in [0, 0.1) is 6.92 Å². The molecule has 192 valence electrons. The zero-order valence-corrected chi connectivity index (χ0v) is 22.3. The van der Waals surface area contributed by atoms with E-state index in [1.54, 1.807) is 31.4 Å². The summed E-state index contributed by atoms with van der Waals surface area (Å²) in [6.45, 7) is 3.46. The Bertz CT molecular complexity index is 1430. The molecule has 0 unspecified atom stereocenters. The summed E-state index contributed by atoms with van der Waals surface area (Å²) in [5, 5.41) is 1.20. The lowest BCUT2D eigenvalue weighted by molar-refractivity contribution is 0.0877. The smallest absolute Gasteiger partial charge is 0.231 e. The average Bonchev–Trinajstić information content (AvgIpc) is 3.20. The molecule has 0 atom stereocenters. The molecule has 37 heavy (non-hydrogen) atoms. The zero-order chi connectivity index (χ0) is 26.3. The van der Waals surface area contributed by atoms with Gasteiger partial charge >= 0.3 is 0 Å². The van der Waals surface area contributed by atoms with Gasteiger partial charge in [0.25, 0.3) is 0 Å². The van der Waals surface area contributed by atoms with E-state index < -0.39 is 0 Å². The molecule has 0 saturated carbocycles. The Balaban J connectivity index is 1.44. The number of benzene rings is 3. The lowest BCUT2D eigenvalue weighted by Crippen LogP contribution is -2.32. The second-order valence-corrected chi connectivity index (χ2v) is 9.57. The van der Waals surface area contributed by atoms with Gasteiger partial charge in [-0.15, -0.1) is 0 Å². The van der Waals surface area contributed by atoms with Crippen LogP contribution in [-0.4, -0.2) is 38.7 Å². The van der Waals surface area contributed by atoms with Crippen molar-refractivity contribution >= 4 is 35.1 Å². The molecule has 2 aliphatic rings. The summed E-state index contributed by atoms with van der Waals surface area (Å²) in [6.07, 6.45) is 1.65. The normalized spacial score (nSPS) is 15.6. The number of carbonyl (C=O) groups excluding carboxylic acids is 1. The summed E-state index contributed by atoms with van der Waals surface area (Å²) in [5.74, 6) is 2.61. The third-order valence-electron chi connectivity index (χ3n) is 6.43. The van der Waals surface area contributed by atoms with Gasteiger partial charge in [0.05, 0.1) is 26.9 Å². The van der Waals surface area contributed by atoms with Gasteiger partial charge in [0.2, 0.25) is 11.5 Å². The van der Waals surface area contributed by atoms with E-state index >= 15 is 0 Å². The number of halogens is 2. The van der Waals surface area contributed by atoms with Crippen molar-refractivity contribution in [2.45, 2.75) is 20.0 Å². The molecule has 0 fully saturated rings. The van der Waals surface area contributed by atoms with Crippen molar-refractivity contribution in [3.8, 4) is 28.7 Å². The minimum atomic E-state index is -0.212. The number of ether oxygens (including phenoxy) is 5. The summed E-state index contributed by atoms with van der Waals surface area (Å²) >= 11 is 12.4. The quantitative estimate of drug-likeness (QED) is 0.339. The second-order valence-electron chi connectivity index (χ2n) is 8.73. The van der Waals surface area contributed by atoms with Crippen molar-refractivity contribution in [2.24, 2.45) is 0 Å². The summed E-state index contributed by atoms with van der Waals surface area (Å²) in [7, 11) is 4.61. The predicted octanol–water partition coefficient (Wildman–Crippen LogP) is 6.30. The average molecular weight is 542 g/mol. The highest BCUT2D eigenvalue weighted by Crippen LogP contribution is 2.45. The molecular weight excluding hydrogens is 517 g/mol. The van der Waals surface area contributed by atoms with Crippen LogP contribution in [0.3, 0.4) is 0 Å². The molecular formula is C28H25Cl2NO6. The van der Waals surface area contributed by atoms with Gasteiger partial charge in [-0.1, -0.05) is 29.3 Å². The van der Waals surface area contributed by atoms with Crippen LogP contribution in [0.2, 0.25) is 10.0 Å². The van der Waals surface area contributed by atoms with Crippen molar-refractivity contribution in [3.05, 3.63) is 80.0 Å². The monoisotopic (exact) mass is 541 g/mol. The van der Waals surface area contributed by atoms with Gasteiger partial charge < -0.3 is 23.7 Å². The second kappa shape index (κ2) is 10.2. The largest absolute Gasteiger partial charge is 0.493 e. The lowest BCUT2D eigenvalue weighted by Gasteiger charge is -2.30. The van der Waals surface area contributed by atoms with Gasteiger partial charge in [-0.05, 0) is 48.9 Å². The summed E-state index contributed by atoms with van der Waals surface area (Å²) in [5.41, 5.74) is 3.77. The molecule has 0 bridgehead atoms. The van der Waals surface area contributed by atoms with Gasteiger partial charge in [0, 0.05) is 39.8 Å². The third-order valence-corrected chi connectivity index (χ3v) is 7.02. The molecule has 0 aromatic heterocycles. The van der Waals surface area contributed by atoms with Gasteiger partial charge in [0.1, 0.15) is 18.2 Å². The molecule has 3 aromatic carbocycles. The molecule has 0 N–H and O–H groups in total. The van der Waals surface area contributed by atoms with Gasteiger partial charge in [0.15, 0.2) is 17.3 Å². The Kier molecular flexibility index (Phi) is 6.94. The Morgan fingerprint density at radius 1 is 1.00 bits per heavy atom. The molecule has 2 aliphatic heterocycles. The maximum Gasteiger partial charge on any atom is 0.231 e. The molecule has 0 spiro atoms. The number of nitrogens with zero attached hydrogens (tertiary/aromatic N) is 1. The lowest BCUT2D eigenvalue weighted by atomic mass is 9.99. The van der Waals surface area contributed by atoms with Crippen LogP contribution >= 0.6 is 23.2 Å². The number of fused-ring (bicyclic) bond motifs is 2. The number of rotatable bonds is 6. The van der Waals surface area contributed by atoms with Crippen molar-refractivity contribution in [1.29, 1.82) is 0 Å². The van der Waals surface area contributed by atoms with Gasteiger partial charge in [-0.2, -0.15) is 0 Å². The van der Waals surface area contributed by atoms with E-state index in [1.807, 2.05) is 25.1 Å². The first-order chi connectivity index (χ1) is 17.8. The predicted molar refractivity (Wildman–Crippen MR) is 141 cm³/mol. The first-order valence-electron chi connectivity index (χ1n) is 11.5. The van der Waals surface area contributed by atoms with E-state index in [4.69, 9.17) is 46.9 Å². The topological polar surface area (TPSA) is 66.5 Å². The maximum atomic E-state index is 13.4. The number of Topliss-reactive ketones (excluding diaryl/α,β-unsaturated/α-hetero) is 1. The molecule has 0 amide bonds. The first kappa shape index (κ1) is 25.3. The van der Waals surface area contributed by atoms with Gasteiger partial charge in [-0.3, -0.25) is 9.69 Å². The van der Waals surface area contributed by atoms with Crippen LogP contribution < -0.4 is 23.7 Å². The highest BCUT2D eigenvalue weighted by molar-refractivity contribution is 6.35. The summed E-state index contributed by atoms with van der Waals surface area (Å²) < 4.78 is 28.5. The highest BCUT2D eigenvalue weighted by atomic mass is 35.5. The number of allylic oxidation sites excluding steroid dienone is 1. The highest BCUT2D eigenvalue weighted by Gasteiger charge is 2.34. The number of hydrogen-bond donors (Lipinski definition) is 0. The van der Waals surface area contributed by atoms with Gasteiger partial charge in [-0.25, -0.2) is 0 Å². The van der Waals surface area contributed by atoms with Crippen LogP contribution in [0.1, 0.15) is 32.6 Å². The fourth-order valence-corrected chi connectivity index (χ4v) is 5.14. The van der Waals surface area contributed by atoms with Crippen LogP contribution in [0.25, 0.3) is 6.08 Å². The molecule has 5 rings (SSSR count). The minimum absolute atomic E-state index is 0.191. The van der Waals surface area contributed by atoms with E-state index in [0.29, 0.717) is 64.0 Å². The fraction of sp³-hybridized carbons (Fsp3) is 0.250. The summed E-state index contributed by atoms with van der Waals surface area (Å²) in [6, 6.07) is 10.8. The number of methoxy groups -OCH3 is 3. The molecule has 0 saturated heterocycles. The van der Waals surface area contributed by atoms with Crippen molar-refractivity contribution in [2.75, 3.05) is 28.1 Å². The SMILES string of the molecule is COc1ccc(/C=C2\Oc3c(cc4c(c3C)OCN(Cc3ccc(Cl)cc3Cl)C4)C2=O)c(OC)c1OC. The van der Waals surface area contributed by atoms with E-state index in [0.717, 1.165) is 22.4 Å². The van der Waals surface area contributed by atoms with E-state index in [9.17, 15) is 4.79 Å². The molecule has 2 heterocycles. The van der Waals surface area contributed by atoms with Crippen molar-refractivity contribution in [3.63, 3.8) is 0 Å². The Morgan fingerprint density at radius 2 is 1.78 bits per heavy atom. The molecule has 0 aliphatic carbocycles. The molecule has 3 aromatic rings. The number of ketones is 1. The molecule has 9 heteroatoms. The Morgan fingerprint density at radius 3 is 2.49 bits per heavy atom. The van der Waals surface area contributed by atoms with Crippen molar-refractivity contribution in [1.82, 2.24) is 4.90 Å². The maximum absolute atomic E-state index is 13.4. The minimum Gasteiger partial charge on any atom is -0.493 e. The van der Waals surface area contributed by atoms with E-state index in [2.05, 4.69) is 4.90 Å². The van der Waals surface area contributed by atoms with E-state index in [1.165, 1.54) is 14.2 Å². The van der Waals surface area contributed by atoms with Crippen LogP contribution in [0.4, 0.5) is 0 Å². The van der Waals surface area contributed by atoms with E-state index in [-0.39, 0.29) is 11.5 Å². The van der Waals surface area contributed by atoms with Crippen LogP contribution in [-0.2, 0) is 13.1 Å². The van der Waals surface area contributed by atoms with Crippen LogP contribution in [0.15, 0.2) is 42.2 Å². The van der Waals surface area contributed by atoms with Crippen molar-refractivity contribution < 1.29 is 28.5 Å². The standard InChI is InChI=1S/C28H25Cl2NO6/c1-15-25-18(13-31(14-36-25)12-17-5-7-19(29)11-21(17)30)9-20-24(32)23(37-26(15)20)10-16-6-8-22(33-2)28(35-4)27(16)34-3/h5-11H,12-14H2,1-4H3/b23-10-. The Labute approximate surface area is 225 Å². The molecule has 7 nitrogen and oxygen atoms in total. The third kappa shape index (κ3) is 4.59. The first-order valence-corrected chi connectivity index (χ1v) is 12.3. The number of hydrogen-bond acceptors (Lipinski definition) is 7. The van der Waals surface area contributed by atoms with Crippen LogP contribution in [0.5, 0.6) is 28.7 Å². The summed E-state index contributed by atoms with van der Waals surface area (Å²) in [4.78, 5) is 15.5. The fourth-order valence-electron chi connectivity index (χ4n) is 4.67.